The molecule has 0 spiro atoms. The molecule has 0 aliphatic carbocycles. The monoisotopic (exact) mass is 256 g/mol. The number of carbonyl (C=O) groups is 1. The van der Waals surface area contributed by atoms with Crippen molar-refractivity contribution in [1.29, 1.82) is 0 Å². The predicted octanol–water partition coefficient (Wildman–Crippen LogP) is 1.50. The van der Waals surface area contributed by atoms with Crippen molar-refractivity contribution in [3.05, 3.63) is 35.9 Å². The van der Waals surface area contributed by atoms with Crippen LogP contribution in [0.3, 0.4) is 0 Å². The first-order valence-corrected chi connectivity index (χ1v) is 6.80. The third-order valence-corrected chi connectivity index (χ3v) is 3.48. The lowest BCUT2D eigenvalue weighted by Gasteiger charge is -2.30. The number of hydrogen-bond donors (Lipinski definition) is 1. The highest BCUT2D eigenvalue weighted by Crippen LogP contribution is 2.16. The third kappa shape index (κ3) is 4.11. The van der Waals surface area contributed by atoms with Gasteiger partial charge in [0.05, 0.1) is 0 Å². The van der Waals surface area contributed by atoms with Crippen LogP contribution in [0.4, 0.5) is 0 Å². The molecule has 0 radical (unpaired) electrons. The van der Waals surface area contributed by atoms with Crippen molar-refractivity contribution >= 4 is 5.91 Å². The number of hydrogen-bond acceptors (Lipinski definition) is 2. The number of benzene rings is 1. The van der Waals surface area contributed by atoms with Crippen LogP contribution in [-0.4, -0.2) is 37.5 Å². The van der Waals surface area contributed by atoms with E-state index in [2.05, 4.69) is 17.2 Å². The molecule has 100 valence electrons. The first-order valence-electron chi connectivity index (χ1n) is 6.80. The second-order valence-corrected chi connectivity index (χ2v) is 4.91. The molecule has 19 heavy (non-hydrogen) atoms. The van der Waals surface area contributed by atoms with E-state index in [0.717, 1.165) is 38.0 Å². The summed E-state index contributed by atoms with van der Waals surface area (Å²) in [5.74, 6) is 6.30. The van der Waals surface area contributed by atoms with E-state index in [9.17, 15) is 4.79 Å². The summed E-state index contributed by atoms with van der Waals surface area (Å²) in [7, 11) is 1.98. The fourth-order valence-electron chi connectivity index (χ4n) is 2.36. The topological polar surface area (TPSA) is 32.3 Å². The number of nitrogens with zero attached hydrogens (tertiary/aromatic N) is 1. The highest BCUT2D eigenvalue weighted by molar-refractivity contribution is 5.94. The number of nitrogens with one attached hydrogen (secondary N) is 1. The molecule has 3 nitrogen and oxygen atoms in total. The fraction of sp³-hybridized carbons (Fsp3) is 0.438. The average molecular weight is 256 g/mol. The quantitative estimate of drug-likeness (QED) is 0.813. The van der Waals surface area contributed by atoms with Gasteiger partial charge in [0.1, 0.15) is 0 Å². The Morgan fingerprint density at radius 3 is 2.63 bits per heavy atom. The van der Waals surface area contributed by atoms with Crippen LogP contribution >= 0.6 is 0 Å². The summed E-state index contributed by atoms with van der Waals surface area (Å²) in [6.45, 7) is 2.70. The molecule has 0 saturated carbocycles. The van der Waals surface area contributed by atoms with Gasteiger partial charge in [-0.25, -0.2) is 0 Å². The van der Waals surface area contributed by atoms with Crippen molar-refractivity contribution in [3.8, 4) is 11.8 Å². The molecule has 0 aromatic heterocycles. The molecule has 1 aliphatic rings. The minimum Gasteiger partial charge on any atom is -0.332 e. The highest BCUT2D eigenvalue weighted by Gasteiger charge is 2.20. The van der Waals surface area contributed by atoms with Gasteiger partial charge in [-0.15, -0.1) is 0 Å². The summed E-state index contributed by atoms with van der Waals surface area (Å²) in [6.07, 6.45) is 2.14. The summed E-state index contributed by atoms with van der Waals surface area (Å²) in [5, 5.41) is 3.20. The molecule has 2 rings (SSSR count). The Morgan fingerprint density at radius 2 is 2.00 bits per heavy atom. The first kappa shape index (κ1) is 13.6. The Bertz CT molecular complexity index is 465. The second kappa shape index (κ2) is 6.96. The van der Waals surface area contributed by atoms with E-state index >= 15 is 0 Å². The van der Waals surface area contributed by atoms with Crippen LogP contribution in [0.15, 0.2) is 30.3 Å². The highest BCUT2D eigenvalue weighted by atomic mass is 16.2. The molecule has 1 aliphatic heterocycles. The zero-order valence-electron chi connectivity index (χ0n) is 11.4. The fourth-order valence-corrected chi connectivity index (χ4v) is 2.36. The van der Waals surface area contributed by atoms with Crippen molar-refractivity contribution < 1.29 is 4.79 Å². The van der Waals surface area contributed by atoms with Gasteiger partial charge in [-0.1, -0.05) is 24.1 Å². The third-order valence-electron chi connectivity index (χ3n) is 3.48. The first-order chi connectivity index (χ1) is 9.29. The van der Waals surface area contributed by atoms with Crippen molar-refractivity contribution in [2.45, 2.75) is 12.8 Å². The van der Waals surface area contributed by atoms with Crippen LogP contribution in [-0.2, 0) is 4.79 Å². The molecule has 1 aromatic rings. The summed E-state index contributed by atoms with van der Waals surface area (Å²) < 4.78 is 0. The molecule has 1 saturated heterocycles. The Hall–Kier alpha value is -1.79. The van der Waals surface area contributed by atoms with Crippen molar-refractivity contribution in [1.82, 2.24) is 10.2 Å². The van der Waals surface area contributed by atoms with Crippen LogP contribution in [0.1, 0.15) is 18.4 Å². The van der Waals surface area contributed by atoms with Crippen LogP contribution in [0.2, 0.25) is 0 Å². The van der Waals surface area contributed by atoms with Gasteiger partial charge < -0.3 is 10.2 Å². The maximum absolute atomic E-state index is 12.0. The van der Waals surface area contributed by atoms with Crippen LogP contribution in [0, 0.1) is 17.8 Å². The van der Waals surface area contributed by atoms with Crippen molar-refractivity contribution in [3.63, 3.8) is 0 Å². The largest absolute Gasteiger partial charge is 0.332 e. The molecule has 1 heterocycles. The number of rotatable bonds is 2. The van der Waals surface area contributed by atoms with E-state index in [1.165, 1.54) is 0 Å². The van der Waals surface area contributed by atoms with E-state index in [1.807, 2.05) is 42.3 Å². The van der Waals surface area contributed by atoms with Gasteiger partial charge in [0.2, 0.25) is 0 Å². The molecule has 0 unspecified atom stereocenters. The van der Waals surface area contributed by atoms with Crippen molar-refractivity contribution in [2.75, 3.05) is 26.7 Å². The molecule has 0 atom stereocenters. The predicted molar refractivity (Wildman–Crippen MR) is 76.6 cm³/mol. The van der Waals surface area contributed by atoms with E-state index in [4.69, 9.17) is 0 Å². The van der Waals surface area contributed by atoms with Crippen LogP contribution in [0.25, 0.3) is 0 Å². The van der Waals surface area contributed by atoms with Crippen molar-refractivity contribution in [2.24, 2.45) is 5.92 Å². The van der Waals surface area contributed by atoms with Gasteiger partial charge >= 0.3 is 0 Å². The Morgan fingerprint density at radius 1 is 1.32 bits per heavy atom. The van der Waals surface area contributed by atoms with E-state index in [-0.39, 0.29) is 5.91 Å². The molecule has 3 heteroatoms. The second-order valence-electron chi connectivity index (χ2n) is 4.91. The van der Waals surface area contributed by atoms with Gasteiger partial charge in [-0.05, 0) is 44.5 Å². The SMILES string of the molecule is CNCC1CCN(C(=O)C#Cc2ccccc2)CC1. The van der Waals surface area contributed by atoms with Gasteiger partial charge in [-0.3, -0.25) is 4.79 Å². The summed E-state index contributed by atoms with van der Waals surface area (Å²) in [6, 6.07) is 9.63. The van der Waals surface area contributed by atoms with Gasteiger partial charge in [0.15, 0.2) is 0 Å². The number of piperidine rings is 1. The lowest BCUT2D eigenvalue weighted by atomic mass is 9.97. The Balaban J connectivity index is 1.87. The standard InChI is InChI=1S/C16H20N2O/c1-17-13-15-9-11-18(12-10-15)16(19)8-7-14-5-3-2-4-6-14/h2-6,15,17H,9-13H2,1H3. The molecule has 1 amide bonds. The van der Waals surface area contributed by atoms with Gasteiger partial charge in [-0.2, -0.15) is 0 Å². The Labute approximate surface area is 115 Å². The zero-order valence-corrected chi connectivity index (χ0v) is 11.4. The molecule has 0 bridgehead atoms. The van der Waals surface area contributed by atoms with E-state index in [1.54, 1.807) is 0 Å². The molecule has 1 fully saturated rings. The van der Waals surface area contributed by atoms with Gasteiger partial charge in [0, 0.05) is 24.6 Å². The smallest absolute Gasteiger partial charge is 0.298 e. The summed E-state index contributed by atoms with van der Waals surface area (Å²) >= 11 is 0. The average Bonchev–Trinajstić information content (AvgIpc) is 2.47. The normalized spacial score (nSPS) is 15.7. The maximum Gasteiger partial charge on any atom is 0.298 e. The molecule has 1 aromatic carbocycles. The minimum absolute atomic E-state index is 0.0493. The lowest BCUT2D eigenvalue weighted by Crippen LogP contribution is -2.39. The van der Waals surface area contributed by atoms with Gasteiger partial charge in [0.25, 0.3) is 5.91 Å². The molecular formula is C16H20N2O. The lowest BCUT2D eigenvalue weighted by molar-refractivity contribution is -0.126. The number of likely N-dealkylation sites (tertiary alicyclic amines) is 1. The molecule has 1 N–H and O–H groups in total. The number of carbonyl (C=O) groups excluding carboxylic acids is 1. The minimum atomic E-state index is -0.0493. The number of amides is 1. The maximum atomic E-state index is 12.0. The Kier molecular flexibility index (Phi) is 5.00. The van der Waals surface area contributed by atoms with Crippen LogP contribution in [0.5, 0.6) is 0 Å². The van der Waals surface area contributed by atoms with Crippen LogP contribution < -0.4 is 5.32 Å². The summed E-state index contributed by atoms with van der Waals surface area (Å²) in [5.41, 5.74) is 0.890. The summed E-state index contributed by atoms with van der Waals surface area (Å²) in [4.78, 5) is 13.8. The molecular weight excluding hydrogens is 236 g/mol. The van der Waals surface area contributed by atoms with E-state index < -0.39 is 0 Å². The van der Waals surface area contributed by atoms with E-state index in [0.29, 0.717) is 5.92 Å². The zero-order chi connectivity index (χ0) is 13.5.